The van der Waals surface area contributed by atoms with E-state index in [0.717, 1.165) is 29.1 Å². The van der Waals surface area contributed by atoms with Crippen LogP contribution in [0.4, 0.5) is 0 Å². The molecule has 33 heavy (non-hydrogen) atoms. The molecule has 0 spiro atoms. The van der Waals surface area contributed by atoms with Crippen LogP contribution in [-0.4, -0.2) is 32.5 Å². The number of H-pyrrole nitrogens is 1. The van der Waals surface area contributed by atoms with Crippen molar-refractivity contribution in [2.24, 2.45) is 5.92 Å². The van der Waals surface area contributed by atoms with Crippen molar-refractivity contribution in [1.29, 1.82) is 0 Å². The molecular formula is C24H28ClN5O2S. The monoisotopic (exact) mass is 485 g/mol. The van der Waals surface area contributed by atoms with Gasteiger partial charge in [0.15, 0.2) is 4.77 Å². The van der Waals surface area contributed by atoms with Gasteiger partial charge in [-0.05, 0) is 47.3 Å². The average molecular weight is 486 g/mol. The van der Waals surface area contributed by atoms with E-state index in [1.807, 2.05) is 28.8 Å². The van der Waals surface area contributed by atoms with Crippen LogP contribution in [0.3, 0.4) is 0 Å². The summed E-state index contributed by atoms with van der Waals surface area (Å²) in [6.45, 7) is 6.49. The number of benzene rings is 2. The van der Waals surface area contributed by atoms with Crippen LogP contribution in [0.15, 0.2) is 48.5 Å². The van der Waals surface area contributed by atoms with E-state index < -0.39 is 5.91 Å². The molecule has 0 fully saturated rings. The van der Waals surface area contributed by atoms with Gasteiger partial charge in [0, 0.05) is 5.92 Å². The fraction of sp³-hybridized carbons (Fsp3) is 0.333. The lowest BCUT2D eigenvalue weighted by atomic mass is 9.96. The Labute approximate surface area is 203 Å². The van der Waals surface area contributed by atoms with Gasteiger partial charge >= 0.3 is 0 Å². The van der Waals surface area contributed by atoms with Crippen LogP contribution >= 0.6 is 23.8 Å². The molecule has 9 heteroatoms. The van der Waals surface area contributed by atoms with Crippen LogP contribution in [0.2, 0.25) is 0 Å². The minimum absolute atomic E-state index is 0.0315. The average Bonchev–Trinajstić information content (AvgIpc) is 3.18. The second kappa shape index (κ2) is 11.2. The van der Waals surface area contributed by atoms with Crippen molar-refractivity contribution in [2.45, 2.75) is 39.5 Å². The van der Waals surface area contributed by atoms with E-state index in [1.165, 1.54) is 5.56 Å². The second-order valence-electron chi connectivity index (χ2n) is 8.32. The lowest BCUT2D eigenvalue weighted by Crippen LogP contribution is -2.43. The Morgan fingerprint density at radius 3 is 2.39 bits per heavy atom. The molecule has 2 amide bonds. The third-order valence-corrected chi connectivity index (χ3v) is 5.77. The Morgan fingerprint density at radius 1 is 1.06 bits per heavy atom. The number of hydrazine groups is 1. The summed E-state index contributed by atoms with van der Waals surface area (Å²) in [6, 6.07) is 16.1. The summed E-state index contributed by atoms with van der Waals surface area (Å²) < 4.78 is 2.30. The van der Waals surface area contributed by atoms with Gasteiger partial charge in [-0.1, -0.05) is 63.2 Å². The molecule has 0 radical (unpaired) electrons. The van der Waals surface area contributed by atoms with Crippen LogP contribution < -0.4 is 10.9 Å². The Balaban J connectivity index is 1.89. The maximum Gasteiger partial charge on any atom is 0.253 e. The van der Waals surface area contributed by atoms with E-state index >= 15 is 0 Å². The highest BCUT2D eigenvalue weighted by Gasteiger charge is 2.20. The number of nitrogens with one attached hydrogen (secondary N) is 3. The summed E-state index contributed by atoms with van der Waals surface area (Å²) in [5.74, 6) is 0.232. The molecule has 1 unspecified atom stereocenters. The number of para-hydroxylation sites is 1. The van der Waals surface area contributed by atoms with E-state index in [0.29, 0.717) is 10.7 Å². The molecule has 7 nitrogen and oxygen atoms in total. The Kier molecular flexibility index (Phi) is 8.41. The fourth-order valence-corrected chi connectivity index (χ4v) is 3.97. The highest BCUT2D eigenvalue weighted by atomic mass is 35.5. The number of carbonyl (C=O) groups excluding carboxylic acids is 2. The van der Waals surface area contributed by atoms with Crippen molar-refractivity contribution in [3.05, 3.63) is 75.8 Å². The number of carbonyl (C=O) groups is 2. The Bertz CT molecular complexity index is 1170. The van der Waals surface area contributed by atoms with Crippen LogP contribution in [0.25, 0.3) is 5.69 Å². The third kappa shape index (κ3) is 6.30. The molecule has 2 aromatic carbocycles. The first-order chi connectivity index (χ1) is 15.8. The van der Waals surface area contributed by atoms with Gasteiger partial charge in [-0.3, -0.25) is 30.1 Å². The van der Waals surface area contributed by atoms with Crippen LogP contribution in [0.5, 0.6) is 0 Å². The van der Waals surface area contributed by atoms with Gasteiger partial charge in [0.1, 0.15) is 11.7 Å². The van der Waals surface area contributed by atoms with E-state index in [9.17, 15) is 9.59 Å². The number of amides is 2. The normalized spacial score (nSPS) is 11.9. The molecule has 0 aliphatic carbocycles. The highest BCUT2D eigenvalue weighted by molar-refractivity contribution is 7.71. The van der Waals surface area contributed by atoms with Crippen molar-refractivity contribution in [3.63, 3.8) is 0 Å². The van der Waals surface area contributed by atoms with Crippen molar-refractivity contribution in [2.75, 3.05) is 5.88 Å². The van der Waals surface area contributed by atoms with E-state index in [1.54, 1.807) is 0 Å². The van der Waals surface area contributed by atoms with Gasteiger partial charge in [0.05, 0.1) is 12.1 Å². The minimum Gasteiger partial charge on any atom is -0.273 e. The van der Waals surface area contributed by atoms with Crippen molar-refractivity contribution in [3.8, 4) is 5.69 Å². The molecule has 3 rings (SSSR count). The van der Waals surface area contributed by atoms with Crippen molar-refractivity contribution < 1.29 is 9.59 Å². The van der Waals surface area contributed by atoms with E-state index in [4.69, 9.17) is 23.8 Å². The Morgan fingerprint density at radius 2 is 1.73 bits per heavy atom. The standard InChI is InChI=1S/C24H28ClN5O2S/c1-15(2)12-17-8-10-18(11-9-17)16(3)23-28-29-24(33)30(23)20-7-5-4-6-19(20)13-21(31)26-27-22(32)14-25/h4-11,15-16H,12-14H2,1-3H3,(H,26,31)(H,27,32)(H,29,33). The minimum atomic E-state index is -0.481. The summed E-state index contributed by atoms with van der Waals surface area (Å²) in [6.07, 6.45) is 1.08. The predicted octanol–water partition coefficient (Wildman–Crippen LogP) is 4.21. The zero-order chi connectivity index (χ0) is 24.0. The topological polar surface area (TPSA) is 91.8 Å². The number of nitrogens with zero attached hydrogens (tertiary/aromatic N) is 2. The maximum absolute atomic E-state index is 12.4. The fourth-order valence-electron chi connectivity index (χ4n) is 3.66. The number of halogens is 1. The van der Waals surface area contributed by atoms with Gasteiger partial charge in [-0.2, -0.15) is 5.10 Å². The van der Waals surface area contributed by atoms with Crippen LogP contribution in [0.1, 0.15) is 49.2 Å². The predicted molar refractivity (Wildman–Crippen MR) is 132 cm³/mol. The second-order valence-corrected chi connectivity index (χ2v) is 8.97. The maximum atomic E-state index is 12.4. The number of hydrogen-bond donors (Lipinski definition) is 3. The first kappa shape index (κ1) is 24.7. The van der Waals surface area contributed by atoms with Gasteiger partial charge in [0.2, 0.25) is 5.91 Å². The molecule has 0 saturated heterocycles. The third-order valence-electron chi connectivity index (χ3n) is 5.26. The number of rotatable bonds is 8. The molecular weight excluding hydrogens is 458 g/mol. The SMILES string of the molecule is CC(C)Cc1ccc(C(C)c2n[nH]c(=S)n2-c2ccccc2CC(=O)NNC(=O)CCl)cc1. The zero-order valence-electron chi connectivity index (χ0n) is 18.9. The summed E-state index contributed by atoms with van der Waals surface area (Å²) in [4.78, 5) is 23.7. The summed E-state index contributed by atoms with van der Waals surface area (Å²) in [7, 11) is 0. The largest absolute Gasteiger partial charge is 0.273 e. The molecule has 3 aromatic rings. The number of aromatic nitrogens is 3. The molecule has 0 aliphatic rings. The number of hydrogen-bond acceptors (Lipinski definition) is 4. The first-order valence-electron chi connectivity index (χ1n) is 10.8. The van der Waals surface area contributed by atoms with Gasteiger partial charge in [-0.25, -0.2) is 0 Å². The molecule has 1 atom stereocenters. The number of alkyl halides is 1. The molecule has 3 N–H and O–H groups in total. The first-order valence-corrected chi connectivity index (χ1v) is 11.7. The summed E-state index contributed by atoms with van der Waals surface area (Å²) in [5, 5.41) is 7.40. The molecule has 1 heterocycles. The van der Waals surface area contributed by atoms with E-state index in [-0.39, 0.29) is 24.1 Å². The lowest BCUT2D eigenvalue weighted by molar-refractivity contribution is -0.127. The molecule has 1 aromatic heterocycles. The summed E-state index contributed by atoms with van der Waals surface area (Å²) >= 11 is 11.0. The van der Waals surface area contributed by atoms with Gasteiger partial charge < -0.3 is 0 Å². The number of aromatic amines is 1. The quantitative estimate of drug-likeness (QED) is 0.253. The highest BCUT2D eigenvalue weighted by Crippen LogP contribution is 2.27. The van der Waals surface area contributed by atoms with Crippen molar-refractivity contribution >= 4 is 35.6 Å². The van der Waals surface area contributed by atoms with Crippen LogP contribution in [-0.2, 0) is 22.4 Å². The molecule has 174 valence electrons. The van der Waals surface area contributed by atoms with Crippen molar-refractivity contribution in [1.82, 2.24) is 25.6 Å². The van der Waals surface area contributed by atoms with E-state index in [2.05, 4.69) is 66.1 Å². The summed E-state index contributed by atoms with van der Waals surface area (Å²) in [5.41, 5.74) is 8.56. The lowest BCUT2D eigenvalue weighted by Gasteiger charge is -2.17. The van der Waals surface area contributed by atoms with Gasteiger partial charge in [-0.15, -0.1) is 11.6 Å². The van der Waals surface area contributed by atoms with Gasteiger partial charge in [0.25, 0.3) is 5.91 Å². The Hall–Kier alpha value is -2.97. The zero-order valence-corrected chi connectivity index (χ0v) is 20.5. The molecule has 0 aliphatic heterocycles. The molecule has 0 saturated carbocycles. The molecule has 0 bridgehead atoms. The smallest absolute Gasteiger partial charge is 0.253 e. The van der Waals surface area contributed by atoms with Crippen LogP contribution in [0, 0.1) is 10.7 Å².